The highest BCUT2D eigenvalue weighted by Gasteiger charge is 2.34. The molecule has 1 amide bonds. The summed E-state index contributed by atoms with van der Waals surface area (Å²) >= 11 is 12.1. The van der Waals surface area contributed by atoms with Crippen LogP contribution >= 0.6 is 23.2 Å². The van der Waals surface area contributed by atoms with Crippen molar-refractivity contribution in [3.05, 3.63) is 94.0 Å². The molecular weight excluding hydrogens is 367 g/mol. The van der Waals surface area contributed by atoms with Gasteiger partial charge in [-0.1, -0.05) is 59.6 Å². The molecule has 0 saturated heterocycles. The van der Waals surface area contributed by atoms with Crippen LogP contribution in [0, 0.1) is 0 Å². The summed E-state index contributed by atoms with van der Waals surface area (Å²) in [5.74, 6) is -0.134. The molecule has 4 rings (SSSR count). The molecule has 1 aliphatic rings. The van der Waals surface area contributed by atoms with Gasteiger partial charge >= 0.3 is 0 Å². The summed E-state index contributed by atoms with van der Waals surface area (Å²) in [6, 6.07) is 22.5. The van der Waals surface area contributed by atoms with Crippen LogP contribution in [0.15, 0.2) is 77.8 Å². The minimum Gasteiger partial charge on any atom is -0.275 e. The second-order valence-corrected chi connectivity index (χ2v) is 6.81. The first-order valence-corrected chi connectivity index (χ1v) is 8.87. The molecule has 3 aromatic carbocycles. The molecule has 5 heteroatoms. The van der Waals surface area contributed by atoms with Crippen LogP contribution in [-0.4, -0.2) is 11.6 Å². The number of carbonyl (C=O) groups excluding carboxylic acids is 1. The third kappa shape index (κ3) is 3.12. The summed E-state index contributed by atoms with van der Waals surface area (Å²) in [6.07, 6.45) is 0. The Bertz CT molecular complexity index is 995. The molecular formula is C21H14Cl2N2O. The molecule has 0 bridgehead atoms. The van der Waals surface area contributed by atoms with Crippen LogP contribution in [0.5, 0.6) is 0 Å². The third-order valence-electron chi connectivity index (χ3n) is 4.16. The van der Waals surface area contributed by atoms with Crippen molar-refractivity contribution >= 4 is 46.2 Å². The van der Waals surface area contributed by atoms with Gasteiger partial charge in [0.25, 0.3) is 5.91 Å². The number of nitrogens with zero attached hydrogens (tertiary/aromatic N) is 2. The van der Waals surface area contributed by atoms with E-state index in [1.165, 1.54) is 0 Å². The molecule has 1 aliphatic heterocycles. The number of hydrogen-bond acceptors (Lipinski definition) is 2. The normalized spacial score (nSPS) is 14.8. The number of anilines is 2. The standard InChI is InChI=1S/C21H14Cl2N2O/c22-15-10-14(11-16(23)12-15)13-24-20-18-8-4-5-9-19(18)25(21(20)26)17-6-2-1-3-7-17/h1-12H,13H2/b24-20-. The first-order chi connectivity index (χ1) is 12.6. The molecule has 0 aromatic heterocycles. The molecule has 0 atom stereocenters. The lowest BCUT2D eigenvalue weighted by Gasteiger charge is -2.16. The summed E-state index contributed by atoms with van der Waals surface area (Å²) in [5.41, 5.74) is 3.79. The van der Waals surface area contributed by atoms with E-state index in [-0.39, 0.29) is 5.91 Å². The quantitative estimate of drug-likeness (QED) is 0.576. The fourth-order valence-corrected chi connectivity index (χ4v) is 3.63. The Hall–Kier alpha value is -2.62. The maximum atomic E-state index is 13.1. The van der Waals surface area contributed by atoms with E-state index in [2.05, 4.69) is 4.99 Å². The van der Waals surface area contributed by atoms with Crippen molar-refractivity contribution in [2.45, 2.75) is 6.54 Å². The maximum Gasteiger partial charge on any atom is 0.281 e. The molecule has 1 heterocycles. The summed E-state index contributed by atoms with van der Waals surface area (Å²) in [7, 11) is 0. The van der Waals surface area contributed by atoms with Gasteiger partial charge in [0.2, 0.25) is 0 Å². The van der Waals surface area contributed by atoms with Crippen LogP contribution in [0.4, 0.5) is 11.4 Å². The van der Waals surface area contributed by atoms with Crippen LogP contribution in [-0.2, 0) is 11.3 Å². The van der Waals surface area contributed by atoms with Crippen molar-refractivity contribution < 1.29 is 4.79 Å². The molecule has 3 aromatic rings. The Labute approximate surface area is 161 Å². The van der Waals surface area contributed by atoms with Crippen molar-refractivity contribution in [1.29, 1.82) is 0 Å². The average molecular weight is 381 g/mol. The van der Waals surface area contributed by atoms with Gasteiger partial charge in [-0.15, -0.1) is 0 Å². The van der Waals surface area contributed by atoms with Gasteiger partial charge in [0.1, 0.15) is 5.71 Å². The molecule has 3 nitrogen and oxygen atoms in total. The monoisotopic (exact) mass is 380 g/mol. The minimum atomic E-state index is -0.134. The largest absolute Gasteiger partial charge is 0.281 e. The van der Waals surface area contributed by atoms with E-state index < -0.39 is 0 Å². The molecule has 0 spiro atoms. The van der Waals surface area contributed by atoms with Gasteiger partial charge in [-0.05, 0) is 42.0 Å². The Balaban J connectivity index is 1.74. The van der Waals surface area contributed by atoms with Crippen molar-refractivity contribution in [1.82, 2.24) is 0 Å². The Morgan fingerprint density at radius 2 is 1.50 bits per heavy atom. The van der Waals surface area contributed by atoms with Crippen LogP contribution in [0.1, 0.15) is 11.1 Å². The summed E-state index contributed by atoms with van der Waals surface area (Å²) in [6.45, 7) is 0.332. The van der Waals surface area contributed by atoms with Gasteiger partial charge in [0, 0.05) is 21.3 Å². The number of halogens is 2. The van der Waals surface area contributed by atoms with Crippen molar-refractivity contribution in [2.24, 2.45) is 4.99 Å². The maximum absolute atomic E-state index is 13.1. The lowest BCUT2D eigenvalue weighted by atomic mass is 10.1. The van der Waals surface area contributed by atoms with Crippen LogP contribution in [0.25, 0.3) is 0 Å². The highest BCUT2D eigenvalue weighted by molar-refractivity contribution is 6.55. The van der Waals surface area contributed by atoms with E-state index in [1.807, 2.05) is 54.6 Å². The molecule has 0 aliphatic carbocycles. The van der Waals surface area contributed by atoms with Gasteiger partial charge in [-0.2, -0.15) is 0 Å². The number of aliphatic imine (C=N–C) groups is 1. The second-order valence-electron chi connectivity index (χ2n) is 5.94. The summed E-state index contributed by atoms with van der Waals surface area (Å²) in [4.78, 5) is 19.3. The van der Waals surface area contributed by atoms with E-state index in [9.17, 15) is 4.79 Å². The van der Waals surface area contributed by atoms with Crippen LogP contribution in [0.2, 0.25) is 10.0 Å². The Kier molecular flexibility index (Phi) is 4.49. The SMILES string of the molecule is O=C1/C(=N\Cc2cc(Cl)cc(Cl)c2)c2ccccc2N1c1ccccc1. The predicted molar refractivity (Wildman–Crippen MR) is 107 cm³/mol. The molecule has 0 N–H and O–H groups in total. The van der Waals surface area contributed by atoms with Gasteiger partial charge in [-0.25, -0.2) is 0 Å². The molecule has 26 heavy (non-hydrogen) atoms. The number of carbonyl (C=O) groups is 1. The van der Waals surface area contributed by atoms with E-state index >= 15 is 0 Å². The fraction of sp³-hybridized carbons (Fsp3) is 0.0476. The molecule has 0 saturated carbocycles. The lowest BCUT2D eigenvalue weighted by molar-refractivity contribution is -0.111. The Morgan fingerprint density at radius 3 is 2.23 bits per heavy atom. The second kappa shape index (κ2) is 6.94. The molecule has 0 radical (unpaired) electrons. The number of rotatable bonds is 3. The first kappa shape index (κ1) is 16.8. The zero-order valence-electron chi connectivity index (χ0n) is 13.7. The van der Waals surface area contributed by atoms with Crippen molar-refractivity contribution in [3.63, 3.8) is 0 Å². The third-order valence-corrected chi connectivity index (χ3v) is 4.60. The zero-order chi connectivity index (χ0) is 18.1. The number of fused-ring (bicyclic) bond motifs is 1. The number of amides is 1. The Morgan fingerprint density at radius 1 is 0.846 bits per heavy atom. The number of benzene rings is 3. The summed E-state index contributed by atoms with van der Waals surface area (Å²) < 4.78 is 0. The predicted octanol–water partition coefficient (Wildman–Crippen LogP) is 5.66. The van der Waals surface area contributed by atoms with E-state index in [0.717, 1.165) is 22.5 Å². The van der Waals surface area contributed by atoms with Gasteiger partial charge in [0.05, 0.1) is 12.2 Å². The smallest absolute Gasteiger partial charge is 0.275 e. The van der Waals surface area contributed by atoms with Gasteiger partial charge < -0.3 is 0 Å². The zero-order valence-corrected chi connectivity index (χ0v) is 15.2. The van der Waals surface area contributed by atoms with E-state index in [4.69, 9.17) is 23.2 Å². The van der Waals surface area contributed by atoms with Crippen LogP contribution in [0.3, 0.4) is 0 Å². The van der Waals surface area contributed by atoms with Crippen molar-refractivity contribution in [2.75, 3.05) is 4.90 Å². The summed E-state index contributed by atoms with van der Waals surface area (Å²) in [5, 5.41) is 1.11. The van der Waals surface area contributed by atoms with E-state index in [1.54, 1.807) is 23.1 Å². The highest BCUT2D eigenvalue weighted by atomic mass is 35.5. The number of para-hydroxylation sites is 2. The van der Waals surface area contributed by atoms with Gasteiger partial charge in [0.15, 0.2) is 0 Å². The van der Waals surface area contributed by atoms with Crippen molar-refractivity contribution in [3.8, 4) is 0 Å². The number of hydrogen-bond donors (Lipinski definition) is 0. The molecule has 0 unspecified atom stereocenters. The highest BCUT2D eigenvalue weighted by Crippen LogP contribution is 2.35. The molecule has 0 fully saturated rings. The first-order valence-electron chi connectivity index (χ1n) is 8.12. The lowest BCUT2D eigenvalue weighted by Crippen LogP contribution is -2.25. The van der Waals surface area contributed by atoms with Crippen LogP contribution < -0.4 is 4.90 Å². The average Bonchev–Trinajstić information content (AvgIpc) is 2.91. The fourth-order valence-electron chi connectivity index (χ4n) is 3.06. The molecule has 128 valence electrons. The minimum absolute atomic E-state index is 0.134. The van der Waals surface area contributed by atoms with Gasteiger partial charge in [-0.3, -0.25) is 14.7 Å². The topological polar surface area (TPSA) is 32.7 Å². The van der Waals surface area contributed by atoms with E-state index in [0.29, 0.717) is 22.3 Å².